The lowest BCUT2D eigenvalue weighted by Gasteiger charge is -2.20. The highest BCUT2D eigenvalue weighted by molar-refractivity contribution is 5.71. The quantitative estimate of drug-likeness (QED) is 0.700. The van der Waals surface area contributed by atoms with Crippen LogP contribution < -0.4 is 4.74 Å². The van der Waals surface area contributed by atoms with Gasteiger partial charge < -0.3 is 4.74 Å². The Hall–Kier alpha value is -1.76. The third-order valence-corrected chi connectivity index (χ3v) is 3.72. The van der Waals surface area contributed by atoms with Gasteiger partial charge in [0.25, 0.3) is 0 Å². The average Bonchev–Trinajstić information content (AvgIpc) is 2.46. The molecule has 0 unspecified atom stereocenters. The summed E-state index contributed by atoms with van der Waals surface area (Å²) in [5.41, 5.74) is 5.46. The summed E-state index contributed by atoms with van der Waals surface area (Å²) in [6.07, 6.45) is 0. The highest BCUT2D eigenvalue weighted by Gasteiger charge is 2.15. The van der Waals surface area contributed by atoms with Crippen molar-refractivity contribution in [2.75, 3.05) is 7.11 Å². The van der Waals surface area contributed by atoms with Crippen molar-refractivity contribution in [3.8, 4) is 16.9 Å². The van der Waals surface area contributed by atoms with E-state index in [1.807, 2.05) is 6.07 Å². The smallest absolute Gasteiger partial charge is 0.119 e. The van der Waals surface area contributed by atoms with Crippen LogP contribution in [0.15, 0.2) is 42.5 Å². The third-order valence-electron chi connectivity index (χ3n) is 3.72. The summed E-state index contributed by atoms with van der Waals surface area (Å²) in [5, 5.41) is 0. The first-order valence-electron chi connectivity index (χ1n) is 7.31. The summed E-state index contributed by atoms with van der Waals surface area (Å²) in [6, 6.07) is 15.0. The predicted molar refractivity (Wildman–Crippen MR) is 86.6 cm³/mol. The van der Waals surface area contributed by atoms with E-state index in [-0.39, 0.29) is 0 Å². The van der Waals surface area contributed by atoms with E-state index in [0.717, 1.165) is 5.75 Å². The van der Waals surface area contributed by atoms with Crippen molar-refractivity contribution in [3.63, 3.8) is 0 Å². The molecule has 0 saturated carbocycles. The highest BCUT2D eigenvalue weighted by Crippen LogP contribution is 2.36. The molecule has 0 N–H and O–H groups in total. The Kier molecular flexibility index (Phi) is 4.49. The van der Waals surface area contributed by atoms with E-state index in [1.54, 1.807) is 7.11 Å². The molecule has 1 nitrogen and oxygen atoms in total. The Morgan fingerprint density at radius 1 is 0.850 bits per heavy atom. The molecule has 20 heavy (non-hydrogen) atoms. The molecule has 0 bridgehead atoms. The van der Waals surface area contributed by atoms with Crippen molar-refractivity contribution in [1.82, 2.24) is 0 Å². The van der Waals surface area contributed by atoms with E-state index < -0.39 is 0 Å². The molecule has 2 rings (SSSR count). The lowest BCUT2D eigenvalue weighted by molar-refractivity contribution is 0.415. The van der Waals surface area contributed by atoms with Crippen molar-refractivity contribution in [1.29, 1.82) is 0 Å². The van der Waals surface area contributed by atoms with Crippen LogP contribution in [-0.4, -0.2) is 7.11 Å². The van der Waals surface area contributed by atoms with Gasteiger partial charge in [-0.2, -0.15) is 0 Å². The van der Waals surface area contributed by atoms with Crippen LogP contribution in [0.2, 0.25) is 0 Å². The van der Waals surface area contributed by atoms with Gasteiger partial charge >= 0.3 is 0 Å². The molecule has 0 aromatic heterocycles. The number of hydrogen-bond donors (Lipinski definition) is 0. The summed E-state index contributed by atoms with van der Waals surface area (Å²) in [5.74, 6) is 1.96. The van der Waals surface area contributed by atoms with Crippen LogP contribution in [-0.2, 0) is 0 Å². The number of hydrogen-bond acceptors (Lipinski definition) is 1. The second-order valence-electron chi connectivity index (χ2n) is 5.85. The van der Waals surface area contributed by atoms with E-state index in [2.05, 4.69) is 64.1 Å². The summed E-state index contributed by atoms with van der Waals surface area (Å²) in [4.78, 5) is 0. The highest BCUT2D eigenvalue weighted by atomic mass is 16.5. The van der Waals surface area contributed by atoms with Gasteiger partial charge in [-0.3, -0.25) is 0 Å². The normalized spacial score (nSPS) is 11.2. The Balaban J connectivity index is 2.63. The van der Waals surface area contributed by atoms with Crippen LogP contribution >= 0.6 is 0 Å². The van der Waals surface area contributed by atoms with Crippen molar-refractivity contribution in [3.05, 3.63) is 53.6 Å². The molecule has 0 aliphatic heterocycles. The number of methoxy groups -OCH3 is 1. The summed E-state index contributed by atoms with van der Waals surface area (Å²) < 4.78 is 5.35. The first kappa shape index (κ1) is 14.6. The molecule has 0 saturated heterocycles. The van der Waals surface area contributed by atoms with Crippen LogP contribution in [0.25, 0.3) is 11.1 Å². The first-order chi connectivity index (χ1) is 9.54. The molecule has 0 heterocycles. The molecule has 0 amide bonds. The second kappa shape index (κ2) is 6.13. The van der Waals surface area contributed by atoms with Crippen LogP contribution in [0, 0.1) is 0 Å². The fourth-order valence-electron chi connectivity index (χ4n) is 2.77. The maximum Gasteiger partial charge on any atom is 0.119 e. The molecule has 0 spiro atoms. The largest absolute Gasteiger partial charge is 0.497 e. The SMILES string of the molecule is COc1cccc(-c2cccc(C(C)C)c2C(C)C)c1. The third kappa shape index (κ3) is 2.87. The lowest BCUT2D eigenvalue weighted by Crippen LogP contribution is -2.01. The van der Waals surface area contributed by atoms with Gasteiger partial charge in [0, 0.05) is 0 Å². The van der Waals surface area contributed by atoms with E-state index in [1.165, 1.54) is 22.3 Å². The van der Waals surface area contributed by atoms with Gasteiger partial charge in [0.2, 0.25) is 0 Å². The zero-order chi connectivity index (χ0) is 14.7. The maximum absolute atomic E-state index is 5.35. The summed E-state index contributed by atoms with van der Waals surface area (Å²) in [7, 11) is 1.72. The molecular weight excluding hydrogens is 244 g/mol. The van der Waals surface area contributed by atoms with Crippen LogP contribution in [0.1, 0.15) is 50.7 Å². The molecule has 1 heteroatoms. The summed E-state index contributed by atoms with van der Waals surface area (Å²) >= 11 is 0. The summed E-state index contributed by atoms with van der Waals surface area (Å²) in [6.45, 7) is 9.06. The Morgan fingerprint density at radius 2 is 1.55 bits per heavy atom. The van der Waals surface area contributed by atoms with Crippen molar-refractivity contribution in [2.45, 2.75) is 39.5 Å². The Bertz CT molecular complexity index is 582. The molecule has 106 valence electrons. The van der Waals surface area contributed by atoms with Gasteiger partial charge in [-0.1, -0.05) is 58.0 Å². The lowest BCUT2D eigenvalue weighted by atomic mass is 9.84. The molecule has 0 atom stereocenters. The fraction of sp³-hybridized carbons (Fsp3) is 0.368. The zero-order valence-corrected chi connectivity index (χ0v) is 13.1. The molecule has 2 aromatic rings. The van der Waals surface area contributed by atoms with Crippen LogP contribution in [0.3, 0.4) is 0 Å². The van der Waals surface area contributed by atoms with Gasteiger partial charge in [-0.05, 0) is 46.2 Å². The first-order valence-corrected chi connectivity index (χ1v) is 7.31. The van der Waals surface area contributed by atoms with Crippen molar-refractivity contribution in [2.24, 2.45) is 0 Å². The van der Waals surface area contributed by atoms with Crippen molar-refractivity contribution < 1.29 is 4.74 Å². The Morgan fingerprint density at radius 3 is 2.15 bits per heavy atom. The monoisotopic (exact) mass is 268 g/mol. The molecule has 0 aliphatic carbocycles. The second-order valence-corrected chi connectivity index (χ2v) is 5.85. The zero-order valence-electron chi connectivity index (χ0n) is 13.1. The van der Waals surface area contributed by atoms with Crippen molar-refractivity contribution >= 4 is 0 Å². The molecule has 0 aliphatic rings. The van der Waals surface area contributed by atoms with Crippen LogP contribution in [0.4, 0.5) is 0 Å². The van der Waals surface area contributed by atoms with Crippen LogP contribution in [0.5, 0.6) is 5.75 Å². The molecule has 2 aromatic carbocycles. The standard InChI is InChI=1S/C19H24O/c1-13(2)17-10-7-11-18(19(17)14(3)4)15-8-6-9-16(12-15)20-5/h6-14H,1-5H3. The van der Waals surface area contributed by atoms with Gasteiger partial charge in [-0.25, -0.2) is 0 Å². The van der Waals surface area contributed by atoms with Gasteiger partial charge in [-0.15, -0.1) is 0 Å². The minimum Gasteiger partial charge on any atom is -0.497 e. The predicted octanol–water partition coefficient (Wildman–Crippen LogP) is 5.61. The van der Waals surface area contributed by atoms with Gasteiger partial charge in [0.1, 0.15) is 5.75 Å². The molecular formula is C19H24O. The minimum atomic E-state index is 0.509. The fourth-order valence-corrected chi connectivity index (χ4v) is 2.77. The average molecular weight is 268 g/mol. The number of rotatable bonds is 4. The topological polar surface area (TPSA) is 9.23 Å². The Labute approximate surface area is 122 Å². The van der Waals surface area contributed by atoms with Gasteiger partial charge in [0.05, 0.1) is 7.11 Å². The van der Waals surface area contributed by atoms with E-state index >= 15 is 0 Å². The maximum atomic E-state index is 5.35. The number of ether oxygens (including phenoxy) is 1. The minimum absolute atomic E-state index is 0.509. The van der Waals surface area contributed by atoms with E-state index in [4.69, 9.17) is 4.74 Å². The van der Waals surface area contributed by atoms with E-state index in [0.29, 0.717) is 11.8 Å². The molecule has 0 fully saturated rings. The molecule has 0 radical (unpaired) electrons. The van der Waals surface area contributed by atoms with E-state index in [9.17, 15) is 0 Å². The number of benzene rings is 2. The van der Waals surface area contributed by atoms with Gasteiger partial charge in [0.15, 0.2) is 0 Å².